The fraction of sp³-hybridized carbons (Fsp3) is 0.647. The van der Waals surface area contributed by atoms with Crippen molar-refractivity contribution >= 4 is 23.2 Å². The average molecular weight is 574 g/mol. The van der Waals surface area contributed by atoms with Gasteiger partial charge < -0.3 is 14.5 Å². The lowest BCUT2D eigenvalue weighted by molar-refractivity contribution is 0.0628. The van der Waals surface area contributed by atoms with Crippen molar-refractivity contribution in [1.82, 2.24) is 9.80 Å². The second-order valence-electron chi connectivity index (χ2n) is 11.7. The molecule has 5 heteroatoms. The fourth-order valence-electron chi connectivity index (χ4n) is 6.51. The summed E-state index contributed by atoms with van der Waals surface area (Å²) in [7, 11) is 0. The van der Waals surface area contributed by atoms with Crippen LogP contribution in [0.5, 0.6) is 0 Å². The van der Waals surface area contributed by atoms with Gasteiger partial charge in [0.05, 0.1) is 0 Å². The number of halogens is 2. The number of piperidine rings is 2. The number of likely N-dealkylation sites (tertiary alicyclic amines) is 2. The molecule has 0 saturated carbocycles. The highest BCUT2D eigenvalue weighted by atomic mass is 35.5. The van der Waals surface area contributed by atoms with Crippen LogP contribution in [-0.4, -0.2) is 61.3 Å². The second kappa shape index (κ2) is 17.7. The number of hydrogen-bond acceptors (Lipinski definition) is 3. The van der Waals surface area contributed by atoms with Crippen molar-refractivity contribution in [1.29, 1.82) is 0 Å². The second-order valence-corrected chi connectivity index (χ2v) is 12.6. The van der Waals surface area contributed by atoms with Crippen LogP contribution in [0, 0.1) is 0 Å². The SMILES string of the molecule is Clc1ccc(CCCC(CCOCCC(CCCc2ccc(Cl)cc2)N2CCCCC2)N2CCCCC2)cc1. The Morgan fingerprint density at radius 1 is 0.538 bits per heavy atom. The molecule has 0 radical (unpaired) electrons. The van der Waals surface area contributed by atoms with Crippen LogP contribution < -0.4 is 0 Å². The zero-order valence-electron chi connectivity index (χ0n) is 24.0. The monoisotopic (exact) mass is 572 g/mol. The van der Waals surface area contributed by atoms with Gasteiger partial charge in [-0.05, 0) is 139 Å². The number of ether oxygens (including phenoxy) is 1. The Balaban J connectivity index is 1.19. The maximum absolute atomic E-state index is 6.35. The Morgan fingerprint density at radius 3 is 1.31 bits per heavy atom. The molecule has 2 heterocycles. The van der Waals surface area contributed by atoms with E-state index < -0.39 is 0 Å². The van der Waals surface area contributed by atoms with E-state index in [2.05, 4.69) is 34.1 Å². The summed E-state index contributed by atoms with van der Waals surface area (Å²) in [5, 5.41) is 1.65. The third kappa shape index (κ3) is 11.4. The van der Waals surface area contributed by atoms with Crippen molar-refractivity contribution in [3.8, 4) is 0 Å². The summed E-state index contributed by atoms with van der Waals surface area (Å²) in [6.07, 6.45) is 17.7. The summed E-state index contributed by atoms with van der Waals surface area (Å²) in [6.45, 7) is 6.82. The molecule has 0 spiro atoms. The Labute approximate surface area is 248 Å². The van der Waals surface area contributed by atoms with Gasteiger partial charge in [0.15, 0.2) is 0 Å². The van der Waals surface area contributed by atoms with Crippen LogP contribution >= 0.6 is 23.2 Å². The highest BCUT2D eigenvalue weighted by Crippen LogP contribution is 2.22. The molecule has 216 valence electrons. The topological polar surface area (TPSA) is 15.7 Å². The van der Waals surface area contributed by atoms with E-state index in [1.165, 1.54) is 102 Å². The van der Waals surface area contributed by atoms with E-state index >= 15 is 0 Å². The lowest BCUT2D eigenvalue weighted by Gasteiger charge is -2.35. The molecule has 4 rings (SSSR count). The summed E-state index contributed by atoms with van der Waals surface area (Å²) in [6, 6.07) is 18.1. The van der Waals surface area contributed by atoms with E-state index in [9.17, 15) is 0 Å². The van der Waals surface area contributed by atoms with Crippen LogP contribution in [0.1, 0.15) is 88.2 Å². The normalized spacial score (nSPS) is 18.7. The van der Waals surface area contributed by atoms with E-state index in [4.69, 9.17) is 27.9 Å². The summed E-state index contributed by atoms with van der Waals surface area (Å²) < 4.78 is 6.35. The third-order valence-electron chi connectivity index (χ3n) is 8.84. The Bertz CT molecular complexity index is 832. The quantitative estimate of drug-likeness (QED) is 0.187. The van der Waals surface area contributed by atoms with Crippen LogP contribution in [-0.2, 0) is 17.6 Å². The minimum absolute atomic E-state index is 0.648. The number of hydrogen-bond donors (Lipinski definition) is 0. The van der Waals surface area contributed by atoms with Gasteiger partial charge >= 0.3 is 0 Å². The van der Waals surface area contributed by atoms with Crippen molar-refractivity contribution < 1.29 is 4.74 Å². The zero-order valence-corrected chi connectivity index (χ0v) is 25.5. The van der Waals surface area contributed by atoms with Crippen molar-refractivity contribution in [2.45, 2.75) is 102 Å². The highest BCUT2D eigenvalue weighted by Gasteiger charge is 2.22. The predicted molar refractivity (Wildman–Crippen MR) is 167 cm³/mol. The molecule has 2 aliphatic rings. The number of nitrogens with zero attached hydrogens (tertiary/aromatic N) is 2. The number of benzene rings is 2. The average Bonchev–Trinajstić information content (AvgIpc) is 2.98. The van der Waals surface area contributed by atoms with E-state index in [0.717, 1.165) is 48.9 Å². The molecule has 2 aromatic rings. The fourth-order valence-corrected chi connectivity index (χ4v) is 6.76. The van der Waals surface area contributed by atoms with Crippen molar-refractivity contribution in [3.05, 3.63) is 69.7 Å². The van der Waals surface area contributed by atoms with Gasteiger partial charge in [0.1, 0.15) is 0 Å². The van der Waals surface area contributed by atoms with Gasteiger partial charge in [-0.3, -0.25) is 0 Å². The number of rotatable bonds is 16. The van der Waals surface area contributed by atoms with Crippen molar-refractivity contribution in [2.75, 3.05) is 39.4 Å². The van der Waals surface area contributed by atoms with Gasteiger partial charge in [-0.2, -0.15) is 0 Å². The van der Waals surface area contributed by atoms with Gasteiger partial charge in [-0.15, -0.1) is 0 Å². The molecule has 0 amide bonds. The molecule has 2 fully saturated rings. The van der Waals surface area contributed by atoms with E-state index in [1.54, 1.807) is 0 Å². The summed E-state index contributed by atoms with van der Waals surface area (Å²) >= 11 is 12.1. The molecule has 2 saturated heterocycles. The first kappa shape index (κ1) is 30.8. The summed E-state index contributed by atoms with van der Waals surface area (Å²) in [5.41, 5.74) is 2.79. The van der Waals surface area contributed by atoms with Crippen LogP contribution in [0.3, 0.4) is 0 Å². The maximum atomic E-state index is 6.35. The minimum Gasteiger partial charge on any atom is -0.381 e. The highest BCUT2D eigenvalue weighted by molar-refractivity contribution is 6.30. The predicted octanol–water partition coefficient (Wildman–Crippen LogP) is 8.84. The first-order chi connectivity index (χ1) is 19.2. The largest absolute Gasteiger partial charge is 0.381 e. The molecular weight excluding hydrogens is 523 g/mol. The molecule has 0 bridgehead atoms. The van der Waals surface area contributed by atoms with Gasteiger partial charge in [0.2, 0.25) is 0 Å². The lowest BCUT2D eigenvalue weighted by atomic mass is 9.99. The van der Waals surface area contributed by atoms with Crippen LogP contribution in [0.15, 0.2) is 48.5 Å². The van der Waals surface area contributed by atoms with E-state index in [1.807, 2.05) is 24.3 Å². The van der Waals surface area contributed by atoms with Crippen LogP contribution in [0.25, 0.3) is 0 Å². The van der Waals surface area contributed by atoms with Gasteiger partial charge in [-0.25, -0.2) is 0 Å². The Kier molecular flexibility index (Phi) is 14.0. The molecule has 39 heavy (non-hydrogen) atoms. The maximum Gasteiger partial charge on any atom is 0.0480 e. The summed E-state index contributed by atoms with van der Waals surface area (Å²) in [5.74, 6) is 0. The van der Waals surface area contributed by atoms with E-state index in [0.29, 0.717) is 12.1 Å². The smallest absolute Gasteiger partial charge is 0.0480 e. The molecular formula is C34H50Cl2N2O. The summed E-state index contributed by atoms with van der Waals surface area (Å²) in [4.78, 5) is 5.50. The van der Waals surface area contributed by atoms with Gasteiger partial charge in [0.25, 0.3) is 0 Å². The van der Waals surface area contributed by atoms with Crippen molar-refractivity contribution in [3.63, 3.8) is 0 Å². The van der Waals surface area contributed by atoms with Crippen molar-refractivity contribution in [2.24, 2.45) is 0 Å². The first-order valence-corrected chi connectivity index (χ1v) is 16.5. The molecule has 0 aromatic heterocycles. The molecule has 2 aliphatic heterocycles. The molecule has 2 unspecified atom stereocenters. The third-order valence-corrected chi connectivity index (χ3v) is 9.34. The van der Waals surface area contributed by atoms with Crippen LogP contribution in [0.4, 0.5) is 0 Å². The number of aryl methyl sites for hydroxylation is 2. The molecule has 0 N–H and O–H groups in total. The molecule has 0 aliphatic carbocycles. The molecule has 2 aromatic carbocycles. The van der Waals surface area contributed by atoms with Gasteiger partial charge in [-0.1, -0.05) is 60.3 Å². The minimum atomic E-state index is 0.648. The van der Waals surface area contributed by atoms with Crippen LogP contribution in [0.2, 0.25) is 10.0 Å². The van der Waals surface area contributed by atoms with Gasteiger partial charge in [0, 0.05) is 35.3 Å². The molecule has 3 nitrogen and oxygen atoms in total. The lowest BCUT2D eigenvalue weighted by Crippen LogP contribution is -2.40. The Morgan fingerprint density at radius 2 is 0.923 bits per heavy atom. The molecule has 2 atom stereocenters. The first-order valence-electron chi connectivity index (χ1n) is 15.7. The standard InChI is InChI=1S/C34H50Cl2N2O/c35-31-17-13-29(14-18-31)9-7-11-33(37-23-3-1-4-24-37)21-27-39-28-22-34(38-25-5-2-6-26-38)12-8-10-30-15-19-32(36)20-16-30/h13-20,33-34H,1-12,21-28H2. The zero-order chi connectivity index (χ0) is 27.1. The van der Waals surface area contributed by atoms with E-state index in [-0.39, 0.29) is 0 Å². The Hall–Kier alpha value is -1.10.